The fraction of sp³-hybridized carbons (Fsp3) is 1.00. The average molecular weight is 130 g/mol. The fourth-order valence-electron chi connectivity index (χ4n) is 0.892. The third-order valence-corrected chi connectivity index (χ3v) is 2.92. The average Bonchev–Trinajstić information content (AvgIpc) is 1.55. The van der Waals surface area contributed by atoms with Gasteiger partial charge in [-0.2, -0.15) is 11.8 Å². The standard InChI is InChI=1S/C7H14S/c1-6(2)8-7-4-3-5-7/h6-7H,3-5H2,1-2H3. The van der Waals surface area contributed by atoms with Crippen molar-refractivity contribution in [3.05, 3.63) is 0 Å². The van der Waals surface area contributed by atoms with Crippen molar-refractivity contribution in [1.82, 2.24) is 0 Å². The van der Waals surface area contributed by atoms with Crippen LogP contribution in [0.3, 0.4) is 0 Å². The van der Waals surface area contributed by atoms with E-state index in [1.807, 2.05) is 0 Å². The summed E-state index contributed by atoms with van der Waals surface area (Å²) in [6.07, 6.45) is 4.43. The Kier molecular flexibility index (Phi) is 2.24. The normalized spacial score (nSPS) is 21.4. The van der Waals surface area contributed by atoms with Gasteiger partial charge in [-0.05, 0) is 18.1 Å². The Morgan fingerprint density at radius 3 is 2.12 bits per heavy atom. The third-order valence-electron chi connectivity index (χ3n) is 1.52. The minimum absolute atomic E-state index is 0.847. The highest BCUT2D eigenvalue weighted by atomic mass is 32.2. The van der Waals surface area contributed by atoms with Crippen LogP contribution in [-0.2, 0) is 0 Å². The molecule has 48 valence electrons. The van der Waals surface area contributed by atoms with Crippen LogP contribution in [0.5, 0.6) is 0 Å². The molecule has 0 aromatic heterocycles. The molecule has 0 bridgehead atoms. The van der Waals surface area contributed by atoms with Crippen LogP contribution in [0.2, 0.25) is 0 Å². The smallest absolute Gasteiger partial charge is 0.00496 e. The molecule has 0 radical (unpaired) electrons. The lowest BCUT2D eigenvalue weighted by molar-refractivity contribution is 0.521. The summed E-state index contributed by atoms with van der Waals surface area (Å²) in [6.45, 7) is 4.56. The first-order chi connectivity index (χ1) is 3.79. The molecule has 0 spiro atoms. The molecule has 1 aliphatic carbocycles. The predicted octanol–water partition coefficient (Wildman–Crippen LogP) is 2.68. The molecule has 0 aromatic rings. The van der Waals surface area contributed by atoms with Crippen LogP contribution in [0.15, 0.2) is 0 Å². The van der Waals surface area contributed by atoms with Crippen molar-refractivity contribution in [2.24, 2.45) is 0 Å². The molecule has 0 atom stereocenters. The molecule has 0 nitrogen and oxygen atoms in total. The zero-order chi connectivity index (χ0) is 5.98. The largest absolute Gasteiger partial charge is 0.156 e. The summed E-state index contributed by atoms with van der Waals surface area (Å²) >= 11 is 2.14. The highest BCUT2D eigenvalue weighted by Gasteiger charge is 2.18. The molecule has 1 aliphatic rings. The zero-order valence-electron chi connectivity index (χ0n) is 5.68. The first kappa shape index (κ1) is 6.47. The van der Waals surface area contributed by atoms with Crippen LogP contribution < -0.4 is 0 Å². The highest BCUT2D eigenvalue weighted by Crippen LogP contribution is 2.33. The molecular formula is C7H14S. The monoisotopic (exact) mass is 130 g/mol. The molecule has 1 rings (SSSR count). The maximum atomic E-state index is 2.28. The summed E-state index contributed by atoms with van der Waals surface area (Å²) in [5, 5.41) is 1.87. The lowest BCUT2D eigenvalue weighted by Crippen LogP contribution is -2.15. The van der Waals surface area contributed by atoms with Gasteiger partial charge in [0.05, 0.1) is 0 Å². The van der Waals surface area contributed by atoms with Gasteiger partial charge in [-0.15, -0.1) is 0 Å². The predicted molar refractivity (Wildman–Crippen MR) is 40.4 cm³/mol. The molecule has 0 N–H and O–H groups in total. The maximum Gasteiger partial charge on any atom is 0.00496 e. The summed E-state index contributed by atoms with van der Waals surface area (Å²) in [6, 6.07) is 0. The van der Waals surface area contributed by atoms with Crippen molar-refractivity contribution in [1.29, 1.82) is 0 Å². The molecule has 0 aromatic carbocycles. The van der Waals surface area contributed by atoms with Gasteiger partial charge in [0.25, 0.3) is 0 Å². The van der Waals surface area contributed by atoms with Crippen molar-refractivity contribution in [3.8, 4) is 0 Å². The summed E-state index contributed by atoms with van der Waals surface area (Å²) in [5.41, 5.74) is 0. The SMILES string of the molecule is CC(C)SC1CCC1. The Hall–Kier alpha value is 0.350. The summed E-state index contributed by atoms with van der Waals surface area (Å²) in [5.74, 6) is 0. The molecule has 0 unspecified atom stereocenters. The Morgan fingerprint density at radius 2 is 2.00 bits per heavy atom. The number of hydrogen-bond donors (Lipinski definition) is 0. The van der Waals surface area contributed by atoms with E-state index in [9.17, 15) is 0 Å². The van der Waals surface area contributed by atoms with Crippen LogP contribution in [0.1, 0.15) is 33.1 Å². The second-order valence-corrected chi connectivity index (χ2v) is 4.62. The molecular weight excluding hydrogens is 116 g/mol. The highest BCUT2D eigenvalue weighted by molar-refractivity contribution is 8.00. The Labute approximate surface area is 56.0 Å². The van der Waals surface area contributed by atoms with Gasteiger partial charge in [-0.3, -0.25) is 0 Å². The van der Waals surface area contributed by atoms with E-state index < -0.39 is 0 Å². The van der Waals surface area contributed by atoms with Gasteiger partial charge in [-0.1, -0.05) is 20.3 Å². The fourth-order valence-corrected chi connectivity index (χ4v) is 2.27. The summed E-state index contributed by atoms with van der Waals surface area (Å²) in [4.78, 5) is 0. The van der Waals surface area contributed by atoms with Crippen LogP contribution in [0.4, 0.5) is 0 Å². The van der Waals surface area contributed by atoms with Gasteiger partial charge >= 0.3 is 0 Å². The first-order valence-corrected chi connectivity index (χ1v) is 4.39. The van der Waals surface area contributed by atoms with Crippen molar-refractivity contribution in [3.63, 3.8) is 0 Å². The molecule has 0 heterocycles. The molecule has 0 saturated heterocycles. The van der Waals surface area contributed by atoms with Gasteiger partial charge in [-0.25, -0.2) is 0 Å². The van der Waals surface area contributed by atoms with Crippen LogP contribution in [-0.4, -0.2) is 10.5 Å². The quantitative estimate of drug-likeness (QED) is 0.554. The van der Waals surface area contributed by atoms with Crippen LogP contribution in [0.25, 0.3) is 0 Å². The van der Waals surface area contributed by atoms with Gasteiger partial charge in [0.15, 0.2) is 0 Å². The van der Waals surface area contributed by atoms with Gasteiger partial charge in [0.1, 0.15) is 0 Å². The number of thioether (sulfide) groups is 1. The Morgan fingerprint density at radius 1 is 1.38 bits per heavy atom. The van der Waals surface area contributed by atoms with E-state index in [-0.39, 0.29) is 0 Å². The topological polar surface area (TPSA) is 0 Å². The minimum Gasteiger partial charge on any atom is -0.156 e. The van der Waals surface area contributed by atoms with E-state index in [2.05, 4.69) is 25.6 Å². The molecule has 1 heteroatoms. The van der Waals surface area contributed by atoms with E-state index in [1.165, 1.54) is 19.3 Å². The number of rotatable bonds is 2. The molecule has 1 fully saturated rings. The van der Waals surface area contributed by atoms with Crippen molar-refractivity contribution in [2.45, 2.75) is 43.6 Å². The minimum atomic E-state index is 0.847. The van der Waals surface area contributed by atoms with E-state index >= 15 is 0 Å². The molecule has 0 amide bonds. The van der Waals surface area contributed by atoms with Crippen molar-refractivity contribution in [2.75, 3.05) is 0 Å². The second-order valence-electron chi connectivity index (χ2n) is 2.74. The first-order valence-electron chi connectivity index (χ1n) is 3.44. The zero-order valence-corrected chi connectivity index (χ0v) is 6.50. The van der Waals surface area contributed by atoms with E-state index in [4.69, 9.17) is 0 Å². The lowest BCUT2D eigenvalue weighted by atomic mass is 10.00. The van der Waals surface area contributed by atoms with E-state index in [1.54, 1.807) is 0 Å². The van der Waals surface area contributed by atoms with Crippen LogP contribution >= 0.6 is 11.8 Å². The summed E-state index contributed by atoms with van der Waals surface area (Å²) < 4.78 is 0. The van der Waals surface area contributed by atoms with E-state index in [0.717, 1.165) is 10.5 Å². The third kappa shape index (κ3) is 1.70. The lowest BCUT2D eigenvalue weighted by Gasteiger charge is -2.26. The van der Waals surface area contributed by atoms with Crippen molar-refractivity contribution >= 4 is 11.8 Å². The second kappa shape index (κ2) is 2.77. The Balaban J connectivity index is 2.01. The Bertz CT molecular complexity index is 64.8. The summed E-state index contributed by atoms with van der Waals surface area (Å²) in [7, 11) is 0. The molecule has 1 saturated carbocycles. The maximum absolute atomic E-state index is 2.28. The number of hydrogen-bond acceptors (Lipinski definition) is 1. The van der Waals surface area contributed by atoms with Gasteiger partial charge < -0.3 is 0 Å². The molecule has 0 aliphatic heterocycles. The van der Waals surface area contributed by atoms with Gasteiger partial charge in [0.2, 0.25) is 0 Å². The van der Waals surface area contributed by atoms with Crippen LogP contribution in [0, 0.1) is 0 Å². The van der Waals surface area contributed by atoms with Crippen molar-refractivity contribution < 1.29 is 0 Å². The molecule has 8 heavy (non-hydrogen) atoms. The van der Waals surface area contributed by atoms with E-state index in [0.29, 0.717) is 0 Å². The van der Waals surface area contributed by atoms with Gasteiger partial charge in [0, 0.05) is 5.25 Å².